The molecule has 1 N–H and O–H groups in total. The van der Waals surface area contributed by atoms with Crippen molar-refractivity contribution in [2.45, 2.75) is 13.0 Å². The zero-order chi connectivity index (χ0) is 14.8. The maximum Gasteiger partial charge on any atom is 0.231 e. The molecular formula is C16H15F2NO2. The summed E-state index contributed by atoms with van der Waals surface area (Å²) in [5, 5.41) is 3.17. The summed E-state index contributed by atoms with van der Waals surface area (Å²) in [7, 11) is 0. The van der Waals surface area contributed by atoms with Crippen molar-refractivity contribution < 1.29 is 18.3 Å². The van der Waals surface area contributed by atoms with Gasteiger partial charge in [0.15, 0.2) is 11.5 Å². The second kappa shape index (κ2) is 5.69. The van der Waals surface area contributed by atoms with Crippen molar-refractivity contribution in [2.24, 2.45) is 0 Å². The van der Waals surface area contributed by atoms with E-state index in [0.717, 1.165) is 17.7 Å². The van der Waals surface area contributed by atoms with Crippen LogP contribution in [0.4, 0.5) is 8.78 Å². The van der Waals surface area contributed by atoms with Gasteiger partial charge < -0.3 is 14.8 Å². The fourth-order valence-corrected chi connectivity index (χ4v) is 2.44. The summed E-state index contributed by atoms with van der Waals surface area (Å²) in [5.74, 6) is 0.371. The Hall–Kier alpha value is -2.14. The van der Waals surface area contributed by atoms with Gasteiger partial charge in [-0.25, -0.2) is 8.78 Å². The minimum absolute atomic E-state index is 0.180. The van der Waals surface area contributed by atoms with Crippen LogP contribution in [0.1, 0.15) is 24.1 Å². The highest BCUT2D eigenvalue weighted by Crippen LogP contribution is 2.36. The van der Waals surface area contributed by atoms with E-state index in [1.807, 2.05) is 13.0 Å². The molecule has 21 heavy (non-hydrogen) atoms. The maximum atomic E-state index is 14.0. The molecule has 0 amide bonds. The van der Waals surface area contributed by atoms with Gasteiger partial charge in [-0.3, -0.25) is 0 Å². The molecule has 1 unspecified atom stereocenters. The van der Waals surface area contributed by atoms with Gasteiger partial charge in [0.05, 0.1) is 6.04 Å². The summed E-state index contributed by atoms with van der Waals surface area (Å²) in [4.78, 5) is 0. The fourth-order valence-electron chi connectivity index (χ4n) is 2.44. The number of fused-ring (bicyclic) bond motifs is 1. The molecule has 5 heteroatoms. The van der Waals surface area contributed by atoms with Crippen LogP contribution in [0.15, 0.2) is 36.4 Å². The van der Waals surface area contributed by atoms with Crippen molar-refractivity contribution in [3.8, 4) is 11.5 Å². The largest absolute Gasteiger partial charge is 0.454 e. The molecule has 0 radical (unpaired) electrons. The first kappa shape index (κ1) is 13.8. The molecule has 0 saturated carbocycles. The van der Waals surface area contributed by atoms with Crippen molar-refractivity contribution in [3.05, 3.63) is 59.2 Å². The van der Waals surface area contributed by atoms with Crippen LogP contribution in [0, 0.1) is 11.6 Å². The summed E-state index contributed by atoms with van der Waals surface area (Å²) < 4.78 is 38.1. The number of hydrogen-bond donors (Lipinski definition) is 1. The number of nitrogens with one attached hydrogen (secondary N) is 1. The van der Waals surface area contributed by atoms with E-state index in [-0.39, 0.29) is 12.4 Å². The molecule has 3 nitrogen and oxygen atoms in total. The molecule has 0 fully saturated rings. The van der Waals surface area contributed by atoms with E-state index >= 15 is 0 Å². The maximum absolute atomic E-state index is 14.0. The Kier molecular flexibility index (Phi) is 3.75. The van der Waals surface area contributed by atoms with Gasteiger partial charge in [-0.05, 0) is 42.4 Å². The van der Waals surface area contributed by atoms with Crippen molar-refractivity contribution in [2.75, 3.05) is 13.3 Å². The Balaban J connectivity index is 2.03. The average Bonchev–Trinajstić information content (AvgIpc) is 2.95. The van der Waals surface area contributed by atoms with Crippen LogP contribution in [0.2, 0.25) is 0 Å². The highest BCUT2D eigenvalue weighted by molar-refractivity contribution is 5.47. The van der Waals surface area contributed by atoms with Crippen LogP contribution in [0.3, 0.4) is 0 Å². The third kappa shape index (κ3) is 2.69. The molecule has 2 aromatic rings. The van der Waals surface area contributed by atoms with E-state index in [0.29, 0.717) is 18.0 Å². The van der Waals surface area contributed by atoms with Gasteiger partial charge in [0.25, 0.3) is 0 Å². The smallest absolute Gasteiger partial charge is 0.231 e. The Labute approximate surface area is 121 Å². The van der Waals surface area contributed by atoms with Crippen molar-refractivity contribution in [1.29, 1.82) is 0 Å². The monoisotopic (exact) mass is 291 g/mol. The van der Waals surface area contributed by atoms with Crippen LogP contribution in [-0.2, 0) is 0 Å². The average molecular weight is 291 g/mol. The minimum Gasteiger partial charge on any atom is -0.454 e. The lowest BCUT2D eigenvalue weighted by atomic mass is 9.97. The van der Waals surface area contributed by atoms with E-state index < -0.39 is 17.7 Å². The third-order valence-corrected chi connectivity index (χ3v) is 3.41. The Morgan fingerprint density at radius 3 is 2.71 bits per heavy atom. The van der Waals surface area contributed by atoms with E-state index in [2.05, 4.69) is 5.32 Å². The highest BCUT2D eigenvalue weighted by atomic mass is 19.1. The number of halogens is 2. The number of rotatable bonds is 4. The lowest BCUT2D eigenvalue weighted by Gasteiger charge is -2.20. The Morgan fingerprint density at radius 2 is 1.90 bits per heavy atom. The summed E-state index contributed by atoms with van der Waals surface area (Å²) in [6.45, 7) is 2.71. The topological polar surface area (TPSA) is 30.5 Å². The summed E-state index contributed by atoms with van der Waals surface area (Å²) >= 11 is 0. The summed E-state index contributed by atoms with van der Waals surface area (Å²) in [6, 6.07) is 8.42. The first-order valence-electron chi connectivity index (χ1n) is 6.77. The molecule has 0 spiro atoms. The van der Waals surface area contributed by atoms with Crippen LogP contribution >= 0.6 is 0 Å². The van der Waals surface area contributed by atoms with E-state index in [1.165, 1.54) is 6.07 Å². The molecule has 3 rings (SSSR count). The SMILES string of the molecule is CCNC(c1ccc2c(c1)OCO2)c1cc(F)ccc1F. The van der Waals surface area contributed by atoms with Gasteiger partial charge in [-0.1, -0.05) is 13.0 Å². The molecule has 0 saturated heterocycles. The third-order valence-electron chi connectivity index (χ3n) is 3.41. The van der Waals surface area contributed by atoms with Crippen LogP contribution < -0.4 is 14.8 Å². The van der Waals surface area contributed by atoms with E-state index in [9.17, 15) is 8.78 Å². The van der Waals surface area contributed by atoms with Crippen molar-refractivity contribution >= 4 is 0 Å². The van der Waals surface area contributed by atoms with Gasteiger partial charge in [0.2, 0.25) is 6.79 Å². The minimum atomic E-state index is -0.463. The quantitative estimate of drug-likeness (QED) is 0.936. The molecule has 1 heterocycles. The molecule has 1 atom stereocenters. The fraction of sp³-hybridized carbons (Fsp3) is 0.250. The normalized spacial score (nSPS) is 14.2. The zero-order valence-electron chi connectivity index (χ0n) is 11.5. The standard InChI is InChI=1S/C16H15F2NO2/c1-2-19-16(12-8-11(17)4-5-13(12)18)10-3-6-14-15(7-10)21-9-20-14/h3-8,16,19H,2,9H2,1H3. The molecule has 0 aromatic heterocycles. The summed E-state index contributed by atoms with van der Waals surface area (Å²) in [5.41, 5.74) is 1.07. The molecule has 1 aliphatic rings. The van der Waals surface area contributed by atoms with E-state index in [1.54, 1.807) is 12.1 Å². The number of hydrogen-bond acceptors (Lipinski definition) is 3. The first-order valence-corrected chi connectivity index (χ1v) is 6.77. The van der Waals surface area contributed by atoms with Crippen molar-refractivity contribution in [3.63, 3.8) is 0 Å². The second-order valence-electron chi connectivity index (χ2n) is 4.77. The van der Waals surface area contributed by atoms with Crippen LogP contribution in [0.25, 0.3) is 0 Å². The number of benzene rings is 2. The number of ether oxygens (including phenoxy) is 2. The van der Waals surface area contributed by atoms with Gasteiger partial charge in [0, 0.05) is 5.56 Å². The lowest BCUT2D eigenvalue weighted by molar-refractivity contribution is 0.174. The van der Waals surface area contributed by atoms with Crippen molar-refractivity contribution in [1.82, 2.24) is 5.32 Å². The predicted molar refractivity (Wildman–Crippen MR) is 74.4 cm³/mol. The predicted octanol–water partition coefficient (Wildman–Crippen LogP) is 3.39. The molecular weight excluding hydrogens is 276 g/mol. The van der Waals surface area contributed by atoms with Gasteiger partial charge in [0.1, 0.15) is 11.6 Å². The van der Waals surface area contributed by atoms with Gasteiger partial charge in [-0.2, -0.15) is 0 Å². The van der Waals surface area contributed by atoms with Crippen LogP contribution in [0.5, 0.6) is 11.5 Å². The Morgan fingerprint density at radius 1 is 1.10 bits per heavy atom. The molecule has 110 valence electrons. The van der Waals surface area contributed by atoms with Gasteiger partial charge in [-0.15, -0.1) is 0 Å². The zero-order valence-corrected chi connectivity index (χ0v) is 11.5. The molecule has 2 aromatic carbocycles. The molecule has 0 bridgehead atoms. The first-order chi connectivity index (χ1) is 10.2. The Bertz CT molecular complexity index is 661. The molecule has 1 aliphatic heterocycles. The molecule has 0 aliphatic carbocycles. The van der Waals surface area contributed by atoms with E-state index in [4.69, 9.17) is 9.47 Å². The second-order valence-corrected chi connectivity index (χ2v) is 4.77. The van der Waals surface area contributed by atoms with Crippen LogP contribution in [-0.4, -0.2) is 13.3 Å². The highest BCUT2D eigenvalue weighted by Gasteiger charge is 2.21. The lowest BCUT2D eigenvalue weighted by Crippen LogP contribution is -2.23. The van der Waals surface area contributed by atoms with Gasteiger partial charge >= 0.3 is 0 Å². The summed E-state index contributed by atoms with van der Waals surface area (Å²) in [6.07, 6.45) is 0.